The first kappa shape index (κ1) is 16.6. The minimum Gasteiger partial charge on any atom is -0.454 e. The van der Waals surface area contributed by atoms with Crippen LogP contribution in [0.5, 0.6) is 11.5 Å². The zero-order valence-corrected chi connectivity index (χ0v) is 14.0. The number of rotatable bonds is 4. The Morgan fingerprint density at radius 3 is 2.71 bits per heavy atom. The van der Waals surface area contributed by atoms with Gasteiger partial charge in [-0.2, -0.15) is 0 Å². The molecule has 0 aliphatic carbocycles. The molecule has 2 amide bonds. The summed E-state index contributed by atoms with van der Waals surface area (Å²) < 4.78 is 33.6. The number of hydrogen-bond donors (Lipinski definition) is 1. The van der Waals surface area contributed by atoms with Crippen molar-refractivity contribution in [3.8, 4) is 11.5 Å². The lowest BCUT2D eigenvalue weighted by atomic mass is 10.2. The number of fused-ring (bicyclic) bond motifs is 1. The maximum atomic E-state index is 12.2. The third kappa shape index (κ3) is 3.61. The first-order chi connectivity index (χ1) is 11.3. The summed E-state index contributed by atoms with van der Waals surface area (Å²) in [6.07, 6.45) is 0.360. The molecule has 130 valence electrons. The van der Waals surface area contributed by atoms with Crippen LogP contribution in [0.15, 0.2) is 18.2 Å². The number of ether oxygens (including phenoxy) is 2. The van der Waals surface area contributed by atoms with E-state index in [2.05, 4.69) is 5.32 Å². The van der Waals surface area contributed by atoms with Crippen molar-refractivity contribution in [1.82, 2.24) is 4.90 Å². The van der Waals surface area contributed by atoms with Gasteiger partial charge in [0.25, 0.3) is 0 Å². The lowest BCUT2D eigenvalue weighted by molar-refractivity contribution is -0.134. The molecule has 0 saturated carbocycles. The molecule has 2 heterocycles. The van der Waals surface area contributed by atoms with Gasteiger partial charge in [-0.15, -0.1) is 0 Å². The molecule has 0 radical (unpaired) electrons. The third-order valence-electron chi connectivity index (χ3n) is 4.02. The number of hydrogen-bond acceptors (Lipinski definition) is 6. The highest BCUT2D eigenvalue weighted by atomic mass is 32.2. The standard InChI is InChI=1S/C15H18N2O6S/c1-10(18)17(12-4-5-24(20,21)8-12)7-15(19)16-11-2-3-13-14(6-11)23-9-22-13/h2-3,6,12H,4-5,7-9H2,1H3,(H,16,19). The SMILES string of the molecule is CC(=O)N(CC(=O)Nc1ccc2c(c1)OCO2)C1CCS(=O)(=O)C1. The molecule has 1 atom stereocenters. The van der Waals surface area contributed by atoms with Crippen molar-refractivity contribution in [2.45, 2.75) is 19.4 Å². The fraction of sp³-hybridized carbons (Fsp3) is 0.467. The number of carbonyl (C=O) groups is 2. The third-order valence-corrected chi connectivity index (χ3v) is 5.77. The molecular weight excluding hydrogens is 336 g/mol. The molecule has 1 aromatic carbocycles. The Morgan fingerprint density at radius 2 is 2.04 bits per heavy atom. The second-order valence-electron chi connectivity index (χ2n) is 5.82. The van der Waals surface area contributed by atoms with Crippen LogP contribution in [0.2, 0.25) is 0 Å². The van der Waals surface area contributed by atoms with E-state index in [4.69, 9.17) is 9.47 Å². The number of nitrogens with one attached hydrogen (secondary N) is 1. The second kappa shape index (κ2) is 6.31. The minimum atomic E-state index is -3.13. The van der Waals surface area contributed by atoms with E-state index in [-0.39, 0.29) is 30.8 Å². The van der Waals surface area contributed by atoms with Gasteiger partial charge in [0, 0.05) is 24.7 Å². The normalized spacial score (nSPS) is 20.6. The molecule has 1 fully saturated rings. The van der Waals surface area contributed by atoms with E-state index in [1.165, 1.54) is 11.8 Å². The van der Waals surface area contributed by atoms with Gasteiger partial charge in [0.1, 0.15) is 6.54 Å². The van der Waals surface area contributed by atoms with Crippen LogP contribution in [0.25, 0.3) is 0 Å². The van der Waals surface area contributed by atoms with Gasteiger partial charge in [-0.3, -0.25) is 9.59 Å². The molecule has 9 heteroatoms. The average Bonchev–Trinajstić information content (AvgIpc) is 3.10. The maximum absolute atomic E-state index is 12.2. The molecule has 2 aliphatic heterocycles. The van der Waals surface area contributed by atoms with E-state index in [0.29, 0.717) is 23.6 Å². The summed E-state index contributed by atoms with van der Waals surface area (Å²) in [5.74, 6) is 0.383. The highest BCUT2D eigenvalue weighted by Crippen LogP contribution is 2.34. The van der Waals surface area contributed by atoms with Gasteiger partial charge in [-0.25, -0.2) is 8.42 Å². The molecule has 1 aromatic rings. The molecule has 24 heavy (non-hydrogen) atoms. The summed E-state index contributed by atoms with van der Waals surface area (Å²) in [4.78, 5) is 25.3. The molecule has 1 unspecified atom stereocenters. The van der Waals surface area contributed by atoms with Crippen molar-refractivity contribution < 1.29 is 27.5 Å². The van der Waals surface area contributed by atoms with Crippen LogP contribution in [-0.4, -0.2) is 56.0 Å². The van der Waals surface area contributed by atoms with Crippen LogP contribution in [-0.2, 0) is 19.4 Å². The number of nitrogens with zero attached hydrogens (tertiary/aromatic N) is 1. The van der Waals surface area contributed by atoms with Crippen molar-refractivity contribution in [2.75, 3.05) is 30.2 Å². The van der Waals surface area contributed by atoms with Gasteiger partial charge in [0.05, 0.1) is 11.5 Å². The number of benzene rings is 1. The van der Waals surface area contributed by atoms with Gasteiger partial charge in [-0.1, -0.05) is 0 Å². The zero-order chi connectivity index (χ0) is 17.3. The van der Waals surface area contributed by atoms with Crippen molar-refractivity contribution in [3.05, 3.63) is 18.2 Å². The van der Waals surface area contributed by atoms with Crippen molar-refractivity contribution >= 4 is 27.3 Å². The Kier molecular flexibility index (Phi) is 4.35. The molecular formula is C15H18N2O6S. The summed E-state index contributed by atoms with van der Waals surface area (Å²) in [5.41, 5.74) is 0.520. The predicted molar refractivity (Wildman–Crippen MR) is 85.6 cm³/mol. The number of carbonyl (C=O) groups excluding carboxylic acids is 2. The molecule has 0 aromatic heterocycles. The Labute approximate surface area is 139 Å². The Balaban J connectivity index is 1.65. The summed E-state index contributed by atoms with van der Waals surface area (Å²) in [5, 5.41) is 2.68. The second-order valence-corrected chi connectivity index (χ2v) is 8.05. The summed E-state index contributed by atoms with van der Waals surface area (Å²) in [6.45, 7) is 1.28. The Morgan fingerprint density at radius 1 is 1.29 bits per heavy atom. The topological polar surface area (TPSA) is 102 Å². The van der Waals surface area contributed by atoms with Crippen molar-refractivity contribution in [2.24, 2.45) is 0 Å². The molecule has 0 bridgehead atoms. The van der Waals surface area contributed by atoms with Crippen molar-refractivity contribution in [1.29, 1.82) is 0 Å². The Hall–Kier alpha value is -2.29. The first-order valence-corrected chi connectivity index (χ1v) is 9.33. The highest BCUT2D eigenvalue weighted by molar-refractivity contribution is 7.91. The molecule has 0 spiro atoms. The largest absolute Gasteiger partial charge is 0.454 e. The monoisotopic (exact) mass is 354 g/mol. The van der Waals surface area contributed by atoms with E-state index in [0.717, 1.165) is 0 Å². The van der Waals surface area contributed by atoms with Crippen LogP contribution in [0.3, 0.4) is 0 Å². The fourth-order valence-electron chi connectivity index (χ4n) is 2.85. The number of anilines is 1. The number of amides is 2. The molecule has 1 saturated heterocycles. The van der Waals surface area contributed by atoms with Crippen LogP contribution in [0, 0.1) is 0 Å². The fourth-order valence-corrected chi connectivity index (χ4v) is 4.58. The predicted octanol–water partition coefficient (Wildman–Crippen LogP) is 0.389. The highest BCUT2D eigenvalue weighted by Gasteiger charge is 2.34. The van der Waals surface area contributed by atoms with Crippen LogP contribution in [0.1, 0.15) is 13.3 Å². The lowest BCUT2D eigenvalue weighted by Crippen LogP contribution is -2.44. The first-order valence-electron chi connectivity index (χ1n) is 7.51. The van der Waals surface area contributed by atoms with Gasteiger partial charge >= 0.3 is 0 Å². The summed E-state index contributed by atoms with van der Waals surface area (Å²) in [6, 6.07) is 4.54. The molecule has 2 aliphatic rings. The smallest absolute Gasteiger partial charge is 0.244 e. The van der Waals surface area contributed by atoms with Crippen LogP contribution >= 0.6 is 0 Å². The number of sulfone groups is 1. The van der Waals surface area contributed by atoms with E-state index in [9.17, 15) is 18.0 Å². The van der Waals surface area contributed by atoms with E-state index in [1.807, 2.05) is 0 Å². The Bertz CT molecular complexity index is 776. The van der Waals surface area contributed by atoms with E-state index < -0.39 is 21.8 Å². The summed E-state index contributed by atoms with van der Waals surface area (Å²) >= 11 is 0. The quantitative estimate of drug-likeness (QED) is 0.839. The minimum absolute atomic E-state index is 0.0469. The van der Waals surface area contributed by atoms with Gasteiger partial charge in [0.15, 0.2) is 21.3 Å². The van der Waals surface area contributed by atoms with Gasteiger partial charge in [-0.05, 0) is 18.6 Å². The molecule has 3 rings (SSSR count). The van der Waals surface area contributed by atoms with Crippen LogP contribution < -0.4 is 14.8 Å². The summed E-state index contributed by atoms with van der Waals surface area (Å²) in [7, 11) is -3.13. The maximum Gasteiger partial charge on any atom is 0.244 e. The molecule has 8 nitrogen and oxygen atoms in total. The van der Waals surface area contributed by atoms with E-state index in [1.54, 1.807) is 18.2 Å². The zero-order valence-electron chi connectivity index (χ0n) is 13.1. The van der Waals surface area contributed by atoms with Crippen LogP contribution in [0.4, 0.5) is 5.69 Å². The van der Waals surface area contributed by atoms with Crippen molar-refractivity contribution in [3.63, 3.8) is 0 Å². The lowest BCUT2D eigenvalue weighted by Gasteiger charge is -2.26. The van der Waals surface area contributed by atoms with E-state index >= 15 is 0 Å². The average molecular weight is 354 g/mol. The van der Waals surface area contributed by atoms with Gasteiger partial charge in [0.2, 0.25) is 18.6 Å². The van der Waals surface area contributed by atoms with Gasteiger partial charge < -0.3 is 19.7 Å². The molecule has 1 N–H and O–H groups in total.